The fraction of sp³-hybridized carbons (Fsp3) is 0.440. The molecule has 0 aliphatic heterocycles. The van der Waals surface area contributed by atoms with Gasteiger partial charge in [0.15, 0.2) is 0 Å². The molecule has 2 amide bonds. The van der Waals surface area contributed by atoms with E-state index in [2.05, 4.69) is 10.6 Å². The van der Waals surface area contributed by atoms with Crippen molar-refractivity contribution in [2.45, 2.75) is 25.7 Å². The molecule has 0 heterocycles. The van der Waals surface area contributed by atoms with Crippen LogP contribution in [0.25, 0.3) is 11.1 Å². The molecule has 2 aromatic carbocycles. The molecule has 0 bridgehead atoms. The molecule has 11 heteroatoms. The van der Waals surface area contributed by atoms with Gasteiger partial charge < -0.3 is 14.8 Å². The molecule has 0 saturated heterocycles. The normalized spacial score (nSPS) is 17.8. The van der Waals surface area contributed by atoms with Crippen molar-refractivity contribution < 1.29 is 32.0 Å². The van der Waals surface area contributed by atoms with Gasteiger partial charge in [0.1, 0.15) is 6.61 Å². The van der Waals surface area contributed by atoms with Gasteiger partial charge in [0.25, 0.3) is 10.1 Å². The number of carbonyl (C=O) groups excluding carboxylic acids is 2. The zero-order chi connectivity index (χ0) is 26.0. The lowest BCUT2D eigenvalue weighted by Crippen LogP contribution is -2.32. The molecule has 9 nitrogen and oxygen atoms in total. The maximum absolute atomic E-state index is 12.2. The Balaban J connectivity index is 1.28. The molecule has 0 aromatic heterocycles. The second kappa shape index (κ2) is 13.6. The molecule has 2 aromatic rings. The quantitative estimate of drug-likeness (QED) is 0.362. The largest absolute Gasteiger partial charge is 0.449 e. The Morgan fingerprint density at radius 2 is 1.47 bits per heavy atom. The van der Waals surface area contributed by atoms with Gasteiger partial charge in [0.2, 0.25) is 5.91 Å². The molecule has 0 unspecified atom stereocenters. The maximum atomic E-state index is 12.2. The van der Waals surface area contributed by atoms with E-state index in [0.29, 0.717) is 29.8 Å². The summed E-state index contributed by atoms with van der Waals surface area (Å²) in [6, 6.07) is 15.0. The van der Waals surface area contributed by atoms with Gasteiger partial charge in [-0.15, -0.1) is 0 Å². The highest BCUT2D eigenvalue weighted by atomic mass is 35.5. The van der Waals surface area contributed by atoms with Gasteiger partial charge in [0.05, 0.1) is 19.0 Å². The summed E-state index contributed by atoms with van der Waals surface area (Å²) in [5.74, 6) is -0.353. The summed E-state index contributed by atoms with van der Waals surface area (Å²) in [7, 11) is -4.10. The van der Waals surface area contributed by atoms with Crippen molar-refractivity contribution in [3.05, 3.63) is 53.6 Å². The molecule has 3 rings (SSSR count). The minimum atomic E-state index is -4.10. The summed E-state index contributed by atoms with van der Waals surface area (Å²) < 4.78 is 40.7. The van der Waals surface area contributed by atoms with Gasteiger partial charge in [0, 0.05) is 17.3 Å². The predicted octanol–water partition coefficient (Wildman–Crippen LogP) is 4.38. The Kier molecular flexibility index (Phi) is 10.5. The molecular weight excluding hydrogens is 508 g/mol. The van der Waals surface area contributed by atoms with Crippen LogP contribution in [0, 0.1) is 11.8 Å². The number of carbonyl (C=O) groups is 2. The first-order valence-electron chi connectivity index (χ1n) is 11.8. The first-order valence-corrected chi connectivity index (χ1v) is 13.8. The summed E-state index contributed by atoms with van der Waals surface area (Å²) in [5, 5.41) is 5.81. The number of halogens is 1. The Morgan fingerprint density at radius 1 is 0.917 bits per heavy atom. The number of anilines is 1. The van der Waals surface area contributed by atoms with Crippen molar-refractivity contribution in [2.75, 3.05) is 37.4 Å². The molecule has 0 spiro atoms. The summed E-state index contributed by atoms with van der Waals surface area (Å²) in [6.45, 7) is 0.466. The van der Waals surface area contributed by atoms with Crippen LogP contribution in [0.2, 0.25) is 5.02 Å². The van der Waals surface area contributed by atoms with Crippen LogP contribution >= 0.6 is 11.6 Å². The lowest BCUT2D eigenvalue weighted by molar-refractivity contribution is -0.126. The molecule has 36 heavy (non-hydrogen) atoms. The van der Waals surface area contributed by atoms with E-state index in [4.69, 9.17) is 25.6 Å². The topological polar surface area (TPSA) is 131 Å². The van der Waals surface area contributed by atoms with Gasteiger partial charge in [-0.2, -0.15) is 8.42 Å². The second-order valence-electron chi connectivity index (χ2n) is 8.85. The zero-order valence-corrected chi connectivity index (χ0v) is 21.4. The highest BCUT2D eigenvalue weighted by molar-refractivity contribution is 7.85. The minimum absolute atomic E-state index is 0.157. The first-order chi connectivity index (χ1) is 17.2. The zero-order valence-electron chi connectivity index (χ0n) is 19.8. The second-order valence-corrected chi connectivity index (χ2v) is 10.9. The lowest BCUT2D eigenvalue weighted by Gasteiger charge is -2.28. The summed E-state index contributed by atoms with van der Waals surface area (Å²) in [6.07, 6.45) is 3.13. The fourth-order valence-electron chi connectivity index (χ4n) is 3.99. The molecule has 1 aliphatic carbocycles. The van der Waals surface area contributed by atoms with Crippen LogP contribution in [-0.4, -0.2) is 57.1 Å². The van der Waals surface area contributed by atoms with Crippen LogP contribution in [-0.2, 0) is 24.4 Å². The molecular formula is C25H31ClN2O7S. The molecule has 3 N–H and O–H groups in total. The standard InChI is InChI=1S/C25H31ClN2O7S/c26-22-9-5-20(6-10-22)21-7-11-23(12-8-21)28-25(30)35-16-19-3-1-18(2-4-19)15-34-17-24(29)27-13-14-36(31,32)33/h5-12,18-19H,1-4,13-17H2,(H,27,29)(H,28,30)(H,31,32,33). The van der Waals surface area contributed by atoms with Gasteiger partial charge in [-0.25, -0.2) is 4.79 Å². The van der Waals surface area contributed by atoms with E-state index in [1.165, 1.54) is 0 Å². The van der Waals surface area contributed by atoms with Crippen molar-refractivity contribution >= 4 is 39.4 Å². The average Bonchev–Trinajstić information content (AvgIpc) is 2.84. The summed E-state index contributed by atoms with van der Waals surface area (Å²) >= 11 is 5.93. The molecule has 196 valence electrons. The Bertz CT molecular complexity index is 1100. The van der Waals surface area contributed by atoms with Crippen LogP contribution < -0.4 is 10.6 Å². The van der Waals surface area contributed by atoms with Crippen molar-refractivity contribution in [3.63, 3.8) is 0 Å². The van der Waals surface area contributed by atoms with Gasteiger partial charge in [-0.1, -0.05) is 35.9 Å². The number of hydrogen-bond acceptors (Lipinski definition) is 6. The fourth-order valence-corrected chi connectivity index (χ4v) is 4.48. The first kappa shape index (κ1) is 27.9. The summed E-state index contributed by atoms with van der Waals surface area (Å²) in [5.41, 5.74) is 2.71. The maximum Gasteiger partial charge on any atom is 0.411 e. The monoisotopic (exact) mass is 538 g/mol. The highest BCUT2D eigenvalue weighted by Gasteiger charge is 2.23. The van der Waals surface area contributed by atoms with E-state index in [1.54, 1.807) is 0 Å². The summed E-state index contributed by atoms with van der Waals surface area (Å²) in [4.78, 5) is 23.8. The van der Waals surface area contributed by atoms with Crippen LogP contribution in [0.4, 0.5) is 10.5 Å². The molecule has 1 aliphatic rings. The third-order valence-corrected chi connectivity index (χ3v) is 6.97. The Morgan fingerprint density at radius 3 is 2.06 bits per heavy atom. The van der Waals surface area contributed by atoms with E-state index in [0.717, 1.165) is 36.8 Å². The molecule has 0 atom stereocenters. The van der Waals surface area contributed by atoms with E-state index >= 15 is 0 Å². The van der Waals surface area contributed by atoms with E-state index in [1.807, 2.05) is 48.5 Å². The Hall–Kier alpha value is -2.66. The number of nitrogens with one attached hydrogen (secondary N) is 2. The third kappa shape index (κ3) is 10.1. The van der Waals surface area contributed by atoms with E-state index < -0.39 is 27.9 Å². The number of amides is 2. The van der Waals surface area contributed by atoms with Crippen LogP contribution in [0.1, 0.15) is 25.7 Å². The van der Waals surface area contributed by atoms with Crippen molar-refractivity contribution in [1.82, 2.24) is 5.32 Å². The SMILES string of the molecule is O=C(COCC1CCC(COC(=O)Nc2ccc(-c3ccc(Cl)cc3)cc2)CC1)NCCS(=O)(=O)O. The highest BCUT2D eigenvalue weighted by Crippen LogP contribution is 2.29. The van der Waals surface area contributed by atoms with Gasteiger partial charge in [-0.05, 0) is 72.9 Å². The van der Waals surface area contributed by atoms with Crippen LogP contribution in [0.15, 0.2) is 48.5 Å². The average molecular weight is 539 g/mol. The lowest BCUT2D eigenvalue weighted by atomic mass is 9.83. The van der Waals surface area contributed by atoms with Crippen molar-refractivity contribution in [1.29, 1.82) is 0 Å². The smallest absolute Gasteiger partial charge is 0.411 e. The number of ether oxygens (including phenoxy) is 2. The van der Waals surface area contributed by atoms with Gasteiger partial charge >= 0.3 is 6.09 Å². The number of benzene rings is 2. The van der Waals surface area contributed by atoms with E-state index in [9.17, 15) is 18.0 Å². The van der Waals surface area contributed by atoms with Crippen LogP contribution in [0.3, 0.4) is 0 Å². The third-order valence-electron chi connectivity index (χ3n) is 5.99. The molecule has 0 radical (unpaired) electrons. The molecule has 1 fully saturated rings. The van der Waals surface area contributed by atoms with Gasteiger partial charge in [-0.3, -0.25) is 14.7 Å². The predicted molar refractivity (Wildman–Crippen MR) is 138 cm³/mol. The number of hydrogen-bond donors (Lipinski definition) is 3. The Labute approximate surface area is 216 Å². The minimum Gasteiger partial charge on any atom is -0.449 e. The van der Waals surface area contributed by atoms with E-state index in [-0.39, 0.29) is 19.1 Å². The van der Waals surface area contributed by atoms with Crippen LogP contribution in [0.5, 0.6) is 0 Å². The van der Waals surface area contributed by atoms with Crippen molar-refractivity contribution in [3.8, 4) is 11.1 Å². The number of rotatable bonds is 11. The molecule has 1 saturated carbocycles. The van der Waals surface area contributed by atoms with Crippen molar-refractivity contribution in [2.24, 2.45) is 11.8 Å².